The molecule has 1 rings (SSSR count). The molecule has 2 nitrogen and oxygen atoms in total. The molecule has 0 heterocycles. The number of carbonyl (C=O) groups excluding carboxylic acids is 1. The van der Waals surface area contributed by atoms with E-state index >= 15 is 0 Å². The minimum atomic E-state index is -0.0579. The van der Waals surface area contributed by atoms with Gasteiger partial charge in [-0.2, -0.15) is 0 Å². The van der Waals surface area contributed by atoms with Crippen LogP contribution < -0.4 is 0 Å². The van der Waals surface area contributed by atoms with Crippen molar-refractivity contribution in [2.24, 2.45) is 17.3 Å². The number of hydrogen-bond donors (Lipinski definition) is 0. The third kappa shape index (κ3) is 0.825. The molecule has 0 saturated heterocycles. The second-order valence-corrected chi connectivity index (χ2v) is 3.61. The minimum Gasteiger partial charge on any atom is -0.469 e. The van der Waals surface area contributed by atoms with Gasteiger partial charge in [0, 0.05) is 0 Å². The van der Waals surface area contributed by atoms with Crippen LogP contribution in [0.25, 0.3) is 0 Å². The molecule has 0 amide bonds. The van der Waals surface area contributed by atoms with E-state index in [1.165, 1.54) is 7.11 Å². The molecule has 0 aromatic carbocycles. The molecule has 1 aliphatic rings. The van der Waals surface area contributed by atoms with Gasteiger partial charge in [0.1, 0.15) is 0 Å². The third-order valence-corrected chi connectivity index (χ3v) is 2.82. The highest BCUT2D eigenvalue weighted by molar-refractivity contribution is 5.77. The van der Waals surface area contributed by atoms with Crippen molar-refractivity contribution < 1.29 is 9.53 Å². The zero-order chi connectivity index (χ0) is 7.94. The summed E-state index contributed by atoms with van der Waals surface area (Å²) in [7, 11) is 1.45. The monoisotopic (exact) mass is 142 g/mol. The van der Waals surface area contributed by atoms with E-state index in [9.17, 15) is 4.79 Å². The summed E-state index contributed by atoms with van der Waals surface area (Å²) >= 11 is 0. The number of hydrogen-bond acceptors (Lipinski definition) is 2. The van der Waals surface area contributed by atoms with Crippen LogP contribution in [0.4, 0.5) is 0 Å². The molecule has 0 aromatic rings. The molecule has 0 radical (unpaired) electrons. The highest BCUT2D eigenvalue weighted by Gasteiger charge is 2.59. The summed E-state index contributed by atoms with van der Waals surface area (Å²) in [6, 6.07) is 0. The molecule has 1 aliphatic carbocycles. The summed E-state index contributed by atoms with van der Waals surface area (Å²) in [6.45, 7) is 6.28. The molecule has 58 valence electrons. The van der Waals surface area contributed by atoms with E-state index in [0.717, 1.165) is 0 Å². The Bertz CT molecular complexity index is 161. The predicted octanol–water partition coefficient (Wildman–Crippen LogP) is 1.45. The zero-order valence-electron chi connectivity index (χ0n) is 6.97. The van der Waals surface area contributed by atoms with Crippen molar-refractivity contribution in [2.45, 2.75) is 20.8 Å². The summed E-state index contributed by atoms with van der Waals surface area (Å²) < 4.78 is 4.64. The van der Waals surface area contributed by atoms with Crippen LogP contribution in [0.15, 0.2) is 0 Å². The fraction of sp³-hybridized carbons (Fsp3) is 0.875. The predicted molar refractivity (Wildman–Crippen MR) is 38.5 cm³/mol. The second kappa shape index (κ2) is 1.97. The molecule has 0 unspecified atom stereocenters. The van der Waals surface area contributed by atoms with Gasteiger partial charge >= 0.3 is 5.97 Å². The van der Waals surface area contributed by atoms with Gasteiger partial charge < -0.3 is 4.74 Å². The third-order valence-electron chi connectivity index (χ3n) is 2.82. The van der Waals surface area contributed by atoms with Crippen molar-refractivity contribution in [3.05, 3.63) is 0 Å². The minimum absolute atomic E-state index is 0.0579. The van der Waals surface area contributed by atoms with Gasteiger partial charge in [-0.05, 0) is 11.3 Å². The van der Waals surface area contributed by atoms with Gasteiger partial charge in [0.05, 0.1) is 13.0 Å². The maximum Gasteiger partial charge on any atom is 0.309 e. The average molecular weight is 142 g/mol. The van der Waals surface area contributed by atoms with Gasteiger partial charge in [0.2, 0.25) is 0 Å². The maximum atomic E-state index is 11.0. The smallest absolute Gasteiger partial charge is 0.309 e. The van der Waals surface area contributed by atoms with E-state index in [-0.39, 0.29) is 17.3 Å². The molecular formula is C8H14O2. The lowest BCUT2D eigenvalue weighted by molar-refractivity contribution is -0.143. The molecule has 0 spiro atoms. The Morgan fingerprint density at radius 1 is 1.50 bits per heavy atom. The van der Waals surface area contributed by atoms with Crippen molar-refractivity contribution in [3.8, 4) is 0 Å². The van der Waals surface area contributed by atoms with Gasteiger partial charge in [-0.15, -0.1) is 0 Å². The Morgan fingerprint density at radius 3 is 2.00 bits per heavy atom. The molecule has 2 heteroatoms. The first-order chi connectivity index (χ1) is 4.51. The van der Waals surface area contributed by atoms with Gasteiger partial charge in [0.25, 0.3) is 0 Å². The zero-order valence-corrected chi connectivity index (χ0v) is 6.97. The number of esters is 1. The van der Waals surface area contributed by atoms with Crippen LogP contribution in [0, 0.1) is 17.3 Å². The van der Waals surface area contributed by atoms with Crippen LogP contribution in [-0.2, 0) is 9.53 Å². The fourth-order valence-corrected chi connectivity index (χ4v) is 1.53. The Labute approximate surface area is 61.6 Å². The molecule has 0 N–H and O–H groups in total. The molecule has 10 heavy (non-hydrogen) atoms. The van der Waals surface area contributed by atoms with E-state index in [1.807, 2.05) is 0 Å². The molecule has 1 saturated carbocycles. The lowest BCUT2D eigenvalue weighted by Gasteiger charge is -1.99. The highest BCUT2D eigenvalue weighted by Crippen LogP contribution is 2.58. The van der Waals surface area contributed by atoms with Crippen LogP contribution in [0.3, 0.4) is 0 Å². The molecule has 1 fully saturated rings. The van der Waals surface area contributed by atoms with E-state index in [2.05, 4.69) is 25.5 Å². The van der Waals surface area contributed by atoms with Crippen LogP contribution in [0.5, 0.6) is 0 Å². The van der Waals surface area contributed by atoms with E-state index in [0.29, 0.717) is 5.92 Å². The summed E-state index contributed by atoms with van der Waals surface area (Å²) in [4.78, 5) is 11.0. The van der Waals surface area contributed by atoms with Gasteiger partial charge in [-0.3, -0.25) is 4.79 Å². The van der Waals surface area contributed by atoms with Crippen molar-refractivity contribution >= 4 is 5.97 Å². The topological polar surface area (TPSA) is 26.3 Å². The fourth-order valence-electron chi connectivity index (χ4n) is 1.53. The summed E-state index contributed by atoms with van der Waals surface area (Å²) in [5.74, 6) is 0.565. The first-order valence-corrected chi connectivity index (χ1v) is 3.59. The molecular weight excluding hydrogens is 128 g/mol. The quantitative estimate of drug-likeness (QED) is 0.518. The first-order valence-electron chi connectivity index (χ1n) is 3.59. The van der Waals surface area contributed by atoms with Crippen molar-refractivity contribution in [1.29, 1.82) is 0 Å². The largest absolute Gasteiger partial charge is 0.469 e. The van der Waals surface area contributed by atoms with E-state index < -0.39 is 0 Å². The van der Waals surface area contributed by atoms with Gasteiger partial charge in [-0.25, -0.2) is 0 Å². The Hall–Kier alpha value is -0.530. The van der Waals surface area contributed by atoms with Gasteiger partial charge in [-0.1, -0.05) is 20.8 Å². The summed E-state index contributed by atoms with van der Waals surface area (Å²) in [6.07, 6.45) is 0. The Balaban J connectivity index is 2.57. The number of ether oxygens (including phenoxy) is 1. The van der Waals surface area contributed by atoms with Crippen molar-refractivity contribution in [2.75, 3.05) is 7.11 Å². The molecule has 0 aromatic heterocycles. The van der Waals surface area contributed by atoms with Crippen LogP contribution in [-0.4, -0.2) is 13.1 Å². The number of methoxy groups -OCH3 is 1. The summed E-state index contributed by atoms with van der Waals surface area (Å²) in [5, 5.41) is 0. The normalized spacial score (nSPS) is 35.2. The van der Waals surface area contributed by atoms with Crippen LogP contribution >= 0.6 is 0 Å². The lowest BCUT2D eigenvalue weighted by Crippen LogP contribution is -2.07. The van der Waals surface area contributed by atoms with Crippen molar-refractivity contribution in [3.63, 3.8) is 0 Å². The van der Waals surface area contributed by atoms with Crippen molar-refractivity contribution in [1.82, 2.24) is 0 Å². The average Bonchev–Trinajstić information content (AvgIpc) is 2.33. The molecule has 0 aliphatic heterocycles. The maximum absolute atomic E-state index is 11.0. The molecule has 0 bridgehead atoms. The second-order valence-electron chi connectivity index (χ2n) is 3.61. The van der Waals surface area contributed by atoms with E-state index in [1.54, 1.807) is 0 Å². The number of rotatable bonds is 1. The Kier molecular flexibility index (Phi) is 1.50. The lowest BCUT2D eigenvalue weighted by atomic mass is 10.1. The van der Waals surface area contributed by atoms with Gasteiger partial charge in [0.15, 0.2) is 0 Å². The first kappa shape index (κ1) is 7.58. The van der Waals surface area contributed by atoms with Crippen LogP contribution in [0.2, 0.25) is 0 Å². The molecule has 2 atom stereocenters. The number of carbonyl (C=O) groups is 1. The summed E-state index contributed by atoms with van der Waals surface area (Å²) in [5.41, 5.74) is 0.174. The Morgan fingerprint density at radius 2 is 1.90 bits per heavy atom. The standard InChI is InChI=1S/C8H14O2/c1-5-6(7(9)10-4)8(5,2)3/h5-6H,1-4H3/t5-,6-/m0/s1. The van der Waals surface area contributed by atoms with Crippen LogP contribution in [0.1, 0.15) is 20.8 Å². The SMILES string of the molecule is COC(=O)[C@@H]1[C@H](C)C1(C)C. The highest BCUT2D eigenvalue weighted by atomic mass is 16.5. The van der Waals surface area contributed by atoms with E-state index in [4.69, 9.17) is 0 Å².